The van der Waals surface area contributed by atoms with E-state index in [2.05, 4.69) is 73.7 Å². The number of benzene rings is 1. The van der Waals surface area contributed by atoms with E-state index in [0.29, 0.717) is 75.8 Å². The second kappa shape index (κ2) is 36.1. The molecular formula is C44H71N13O6. The second-order valence-corrected chi connectivity index (χ2v) is 14.1. The summed E-state index contributed by atoms with van der Waals surface area (Å²) in [4.78, 5) is 59.5. The number of pyridine rings is 1. The average molecular weight is 878 g/mol. The number of aliphatic hydroxyl groups is 1. The smallest absolute Gasteiger partial charge is 0.253 e. The number of rotatable bonds is 22. The molecule has 0 aliphatic heterocycles. The molecule has 0 aliphatic carbocycles. The first-order chi connectivity index (χ1) is 29.9. The molecule has 0 fully saturated rings. The second-order valence-electron chi connectivity index (χ2n) is 14.1. The quantitative estimate of drug-likeness (QED) is 0.00805. The van der Waals surface area contributed by atoms with Gasteiger partial charge in [0.2, 0.25) is 24.1 Å². The number of nitrogens with one attached hydrogen (secondary N) is 4. The third kappa shape index (κ3) is 31.0. The summed E-state index contributed by atoms with van der Waals surface area (Å²) in [7, 11) is 0. The topological polar surface area (TPSA) is 317 Å². The molecule has 0 saturated heterocycles. The van der Waals surface area contributed by atoms with E-state index in [1.54, 1.807) is 23.6 Å². The Balaban J connectivity index is 0. The highest BCUT2D eigenvalue weighted by atomic mass is 16.5. The fraction of sp³-hybridized carbons (Fsp3) is 0.432. The molecular weight excluding hydrogens is 807 g/mol. The van der Waals surface area contributed by atoms with Crippen molar-refractivity contribution in [2.24, 2.45) is 38.9 Å². The zero-order valence-electron chi connectivity index (χ0n) is 37.9. The largest absolute Gasteiger partial charge is 0.494 e. The van der Waals surface area contributed by atoms with Crippen LogP contribution in [0.4, 0.5) is 0 Å². The molecule has 348 valence electrons. The Morgan fingerprint density at radius 3 is 2.08 bits per heavy atom. The van der Waals surface area contributed by atoms with Crippen LogP contribution in [0.25, 0.3) is 5.57 Å². The summed E-state index contributed by atoms with van der Waals surface area (Å²) in [6.45, 7) is 24.6. The van der Waals surface area contributed by atoms with E-state index in [9.17, 15) is 14.4 Å². The Labute approximate surface area is 372 Å². The summed E-state index contributed by atoms with van der Waals surface area (Å²) in [5.74, 6) is 5.22. The number of nitrogens with zero attached hydrogens (tertiary/aromatic N) is 5. The highest BCUT2D eigenvalue weighted by Crippen LogP contribution is 2.12. The molecule has 1 aromatic carbocycles. The number of hydrogen-bond donors (Lipinski definition) is 9. The van der Waals surface area contributed by atoms with Crippen LogP contribution >= 0.6 is 0 Å². The van der Waals surface area contributed by atoms with Crippen LogP contribution < -0.4 is 44.4 Å². The van der Waals surface area contributed by atoms with Crippen LogP contribution in [-0.2, 0) is 27.2 Å². The number of amidine groups is 1. The van der Waals surface area contributed by atoms with Gasteiger partial charge in [-0.15, -0.1) is 6.58 Å². The molecule has 4 amide bonds. The van der Waals surface area contributed by atoms with Crippen molar-refractivity contribution in [2.75, 3.05) is 32.7 Å². The highest BCUT2D eigenvalue weighted by molar-refractivity contribution is 6.06. The van der Waals surface area contributed by atoms with Crippen molar-refractivity contribution in [3.05, 3.63) is 108 Å². The van der Waals surface area contributed by atoms with E-state index in [1.807, 2.05) is 71.0 Å². The Hall–Kier alpha value is -6.57. The van der Waals surface area contributed by atoms with Gasteiger partial charge in [0.15, 0.2) is 5.82 Å². The van der Waals surface area contributed by atoms with Gasteiger partial charge in [-0.3, -0.25) is 34.6 Å². The number of aromatic nitrogens is 3. The number of aliphatic imine (C=N–C) groups is 2. The van der Waals surface area contributed by atoms with E-state index >= 15 is 0 Å². The fourth-order valence-electron chi connectivity index (χ4n) is 4.36. The van der Waals surface area contributed by atoms with E-state index in [4.69, 9.17) is 31.6 Å². The molecule has 19 nitrogen and oxygen atoms in total. The van der Waals surface area contributed by atoms with Gasteiger partial charge in [-0.25, -0.2) is 10.8 Å². The summed E-state index contributed by atoms with van der Waals surface area (Å²) in [5, 5.41) is 21.0. The highest BCUT2D eigenvalue weighted by Gasteiger charge is 2.19. The van der Waals surface area contributed by atoms with E-state index in [0.717, 1.165) is 30.6 Å². The molecule has 3 rings (SSSR count). The molecule has 0 bridgehead atoms. The van der Waals surface area contributed by atoms with Crippen molar-refractivity contribution in [1.82, 2.24) is 36.5 Å². The Morgan fingerprint density at radius 2 is 1.56 bits per heavy atom. The van der Waals surface area contributed by atoms with Gasteiger partial charge in [0.25, 0.3) is 11.8 Å². The van der Waals surface area contributed by atoms with Crippen molar-refractivity contribution < 1.29 is 28.8 Å². The van der Waals surface area contributed by atoms with Crippen molar-refractivity contribution >= 4 is 42.3 Å². The molecule has 63 heavy (non-hydrogen) atoms. The fourth-order valence-corrected chi connectivity index (χ4v) is 4.36. The standard InChI is InChI=1S/C19H23N5O2.C18H33N5O2.C3H5NO.C3H6.CH4N2O/c20-18(17-15(19(21)26)8-4-11-23-17)24-13-5-12-22-16(25)10-9-14-6-2-1-3-7-14;1-6-13(2)17-22-15(23-25-17)8-9-16(24)21-11-7-10-20-12-14(3)18(4,5)19;1-3(5)4-2;1-3-2;2-3-1-4/h1-4,6-8,11H,5,9-10,12-13H2,(H2,20,24)(H2,21,26)(H,22,25);6,14,20H,7-12,19H2,1-5H3,(H,21,24);5H,1-2H2;3H,1H2,2H3;1H,2H2,(H,3,4)/b;13-6+;;;. The first-order valence-electron chi connectivity index (χ1n) is 20.3. The maximum atomic E-state index is 11.8. The summed E-state index contributed by atoms with van der Waals surface area (Å²) in [6, 6.07) is 13.0. The number of carbonyl (C=O) groups is 4. The van der Waals surface area contributed by atoms with E-state index < -0.39 is 5.91 Å². The summed E-state index contributed by atoms with van der Waals surface area (Å²) in [6.07, 6.45) is 9.11. The maximum Gasteiger partial charge on any atom is 0.253 e. The first-order valence-corrected chi connectivity index (χ1v) is 20.3. The Bertz CT molecular complexity index is 1840. The molecule has 0 radical (unpaired) electrons. The predicted molar refractivity (Wildman–Crippen MR) is 251 cm³/mol. The van der Waals surface area contributed by atoms with Gasteiger partial charge in [-0.1, -0.05) is 54.6 Å². The normalized spacial score (nSPS) is 11.1. The van der Waals surface area contributed by atoms with Gasteiger partial charge in [-0.2, -0.15) is 4.98 Å². The Morgan fingerprint density at radius 1 is 0.984 bits per heavy atom. The summed E-state index contributed by atoms with van der Waals surface area (Å²) >= 11 is 0. The minimum Gasteiger partial charge on any atom is -0.494 e. The molecule has 13 N–H and O–H groups in total. The molecule has 0 spiro atoms. The zero-order valence-corrected chi connectivity index (χ0v) is 37.9. The lowest BCUT2D eigenvalue weighted by molar-refractivity contribution is -0.121. The molecule has 3 aromatic rings. The maximum absolute atomic E-state index is 11.8. The van der Waals surface area contributed by atoms with Gasteiger partial charge < -0.3 is 42.8 Å². The predicted octanol–water partition coefficient (Wildman–Crippen LogP) is 3.43. The van der Waals surface area contributed by atoms with Crippen LogP contribution in [0.1, 0.15) is 101 Å². The monoisotopic (exact) mass is 878 g/mol. The average Bonchev–Trinajstić information content (AvgIpc) is 3.75. The van der Waals surface area contributed by atoms with Gasteiger partial charge in [-0.05, 0) is 104 Å². The zero-order chi connectivity index (χ0) is 48.1. The lowest BCUT2D eigenvalue weighted by Gasteiger charge is -2.27. The minimum absolute atomic E-state index is 0.00515. The molecule has 19 heteroatoms. The van der Waals surface area contributed by atoms with Crippen molar-refractivity contribution in [3.63, 3.8) is 0 Å². The van der Waals surface area contributed by atoms with Gasteiger partial charge in [0, 0.05) is 56.2 Å². The minimum atomic E-state index is -0.600. The molecule has 0 saturated carbocycles. The number of allylic oxidation sites excluding steroid dienone is 3. The van der Waals surface area contributed by atoms with Crippen LogP contribution in [0.15, 0.2) is 94.4 Å². The lowest BCUT2D eigenvalue weighted by atomic mass is 9.90. The van der Waals surface area contributed by atoms with Crippen LogP contribution in [-0.4, -0.2) is 95.2 Å². The summed E-state index contributed by atoms with van der Waals surface area (Å²) < 4.78 is 5.14. The van der Waals surface area contributed by atoms with E-state index in [-0.39, 0.29) is 40.3 Å². The number of nitrogens with two attached hydrogens (primary N) is 4. The number of primary amides is 1. The number of amides is 4. The molecule has 1 atom stereocenters. The van der Waals surface area contributed by atoms with Crippen LogP contribution in [0, 0.1) is 5.92 Å². The number of hydrazine groups is 1. The Kier molecular flexibility index (Phi) is 33.6. The van der Waals surface area contributed by atoms with Crippen LogP contribution in [0.5, 0.6) is 0 Å². The summed E-state index contributed by atoms with van der Waals surface area (Å²) in [5.41, 5.74) is 21.4. The SMILES string of the molecule is C/C=C(\C)c1nc(CCC(=O)NCCCNCC(C)C(C)(C)N)no1.C=CC.C=NC(=C)O.NC(=O)c1cccnc1C(N)=NCCCNC(=O)CCc1ccccc1.NNC=O. The molecule has 0 aliphatic rings. The molecule has 1 unspecified atom stereocenters. The van der Waals surface area contributed by atoms with Gasteiger partial charge in [0.05, 0.1) is 5.56 Å². The molecule has 2 heterocycles. The number of aliphatic hydroxyl groups excluding tert-OH is 1. The third-order valence-electron chi connectivity index (χ3n) is 8.38. The lowest BCUT2D eigenvalue weighted by Crippen LogP contribution is -2.44. The van der Waals surface area contributed by atoms with Gasteiger partial charge >= 0.3 is 0 Å². The molecule has 2 aromatic heterocycles. The van der Waals surface area contributed by atoms with Crippen LogP contribution in [0.2, 0.25) is 0 Å². The van der Waals surface area contributed by atoms with Crippen molar-refractivity contribution in [1.29, 1.82) is 0 Å². The number of hydrogen-bond acceptors (Lipinski definition) is 14. The number of aryl methyl sites for hydroxylation is 2. The first kappa shape index (κ1) is 58.5. The van der Waals surface area contributed by atoms with E-state index in [1.165, 1.54) is 6.20 Å². The van der Waals surface area contributed by atoms with Crippen molar-refractivity contribution in [2.45, 2.75) is 85.6 Å². The number of carbonyl (C=O) groups excluding carboxylic acids is 4. The van der Waals surface area contributed by atoms with Gasteiger partial charge in [0.1, 0.15) is 11.5 Å². The van der Waals surface area contributed by atoms with Crippen LogP contribution in [0.3, 0.4) is 0 Å². The van der Waals surface area contributed by atoms with Crippen molar-refractivity contribution in [3.8, 4) is 0 Å². The third-order valence-corrected chi connectivity index (χ3v) is 8.38.